The smallest absolute Gasteiger partial charge is 0.323 e. The van der Waals surface area contributed by atoms with Crippen molar-refractivity contribution in [3.05, 3.63) is 29.3 Å². The molecule has 0 saturated carbocycles. The number of carbonyl (C=O) groups excluding carboxylic acids is 2. The number of nitrogens with one attached hydrogen (secondary N) is 1. The molecule has 2 N–H and O–H groups in total. The van der Waals surface area contributed by atoms with Crippen LogP contribution in [0, 0.1) is 0 Å². The second-order valence-electron chi connectivity index (χ2n) is 5.50. The van der Waals surface area contributed by atoms with Crippen molar-refractivity contribution in [2.75, 3.05) is 4.90 Å². The number of alkyl halides is 3. The molecule has 1 aromatic rings. The number of urea groups is 1. The van der Waals surface area contributed by atoms with Gasteiger partial charge in [0.15, 0.2) is 11.1 Å². The molecule has 2 rings (SSSR count). The van der Waals surface area contributed by atoms with Crippen LogP contribution in [0.3, 0.4) is 0 Å². The number of nitrogens with zero attached hydrogens (tertiary/aromatic N) is 1. The second kappa shape index (κ2) is 5.60. The van der Waals surface area contributed by atoms with Gasteiger partial charge in [0.2, 0.25) is 0 Å². The first kappa shape index (κ1) is 17.4. The Morgan fingerprint density at radius 1 is 1.30 bits per heavy atom. The quantitative estimate of drug-likeness (QED) is 0.647. The van der Waals surface area contributed by atoms with E-state index in [1.165, 1.54) is 13.8 Å². The maximum atomic E-state index is 13.1. The van der Waals surface area contributed by atoms with Gasteiger partial charge in [-0.25, -0.2) is 13.9 Å². The third-order valence-corrected chi connectivity index (χ3v) is 3.85. The molecule has 1 saturated heterocycles. The molecule has 1 aromatic carbocycles. The van der Waals surface area contributed by atoms with Crippen LogP contribution >= 0.6 is 0 Å². The first-order valence-corrected chi connectivity index (χ1v) is 7.65. The van der Waals surface area contributed by atoms with Crippen LogP contribution in [0.2, 0.25) is 0 Å². The molecule has 1 atom stereocenters. The largest absolute Gasteiger partial charge is 0.416 e. The average Bonchev–Trinajstić information content (AvgIpc) is 2.57. The molecule has 23 heavy (non-hydrogen) atoms. The van der Waals surface area contributed by atoms with Gasteiger partial charge in [0.05, 0.1) is 17.0 Å². The first-order chi connectivity index (χ1) is 10.4. The molecular weight excluding hydrogens is 337 g/mol. The lowest BCUT2D eigenvalue weighted by molar-refractivity contribution is -0.138. The summed E-state index contributed by atoms with van der Waals surface area (Å²) >= 11 is -2.46. The Bertz CT molecular complexity index is 703. The summed E-state index contributed by atoms with van der Waals surface area (Å²) in [4.78, 5) is 24.6. The minimum absolute atomic E-state index is 0.252. The number of hydrogen-bond donors (Lipinski definition) is 2. The van der Waals surface area contributed by atoms with E-state index >= 15 is 0 Å². The first-order valence-electron chi connectivity index (χ1n) is 6.38. The number of carbonyl (C=O) groups is 2. The van der Waals surface area contributed by atoms with Gasteiger partial charge in [-0.15, -0.1) is 0 Å². The third-order valence-electron chi connectivity index (χ3n) is 3.30. The highest BCUT2D eigenvalue weighted by molar-refractivity contribution is 7.78. The Morgan fingerprint density at radius 2 is 1.91 bits per heavy atom. The average molecular weight is 350 g/mol. The Labute approximate surface area is 131 Å². The molecule has 3 amide bonds. The molecule has 1 aliphatic rings. The van der Waals surface area contributed by atoms with Crippen molar-refractivity contribution in [1.29, 1.82) is 0 Å². The van der Waals surface area contributed by atoms with E-state index in [0.717, 1.165) is 12.1 Å². The monoisotopic (exact) mass is 350 g/mol. The molecule has 126 valence electrons. The highest BCUT2D eigenvalue weighted by Crippen LogP contribution is 2.36. The molecule has 10 heteroatoms. The zero-order chi connectivity index (χ0) is 17.6. The van der Waals surface area contributed by atoms with Gasteiger partial charge in [-0.3, -0.25) is 4.79 Å². The molecule has 1 aliphatic heterocycles. The summed E-state index contributed by atoms with van der Waals surface area (Å²) in [5.41, 5.74) is -3.03. The summed E-state index contributed by atoms with van der Waals surface area (Å²) in [5.74, 6) is -1.39. The summed E-state index contributed by atoms with van der Waals surface area (Å²) in [6.45, 7) is 2.86. The van der Waals surface area contributed by atoms with Crippen LogP contribution in [0.4, 0.5) is 23.7 Å². The van der Waals surface area contributed by atoms with Crippen molar-refractivity contribution < 1.29 is 31.5 Å². The van der Waals surface area contributed by atoms with Crippen LogP contribution in [-0.2, 0) is 27.8 Å². The van der Waals surface area contributed by atoms with Crippen LogP contribution in [0.1, 0.15) is 25.0 Å². The molecule has 1 fully saturated rings. The van der Waals surface area contributed by atoms with Crippen LogP contribution < -0.4 is 10.2 Å². The van der Waals surface area contributed by atoms with Gasteiger partial charge in [0.25, 0.3) is 5.91 Å². The van der Waals surface area contributed by atoms with Crippen molar-refractivity contribution >= 4 is 28.7 Å². The number of anilines is 1. The van der Waals surface area contributed by atoms with Crippen molar-refractivity contribution in [1.82, 2.24) is 5.32 Å². The number of amides is 3. The van der Waals surface area contributed by atoms with E-state index < -0.39 is 51.6 Å². The Kier molecular flexibility index (Phi) is 4.24. The van der Waals surface area contributed by atoms with Crippen LogP contribution in [0.5, 0.6) is 0 Å². The van der Waals surface area contributed by atoms with E-state index in [-0.39, 0.29) is 5.69 Å². The second-order valence-corrected chi connectivity index (χ2v) is 6.43. The Hall–Kier alpha value is -1.94. The lowest BCUT2D eigenvalue weighted by atomic mass is 10.0. The molecule has 1 unspecified atom stereocenters. The molecule has 0 aromatic heterocycles. The SMILES string of the molecule is CC1(C)NC(=O)N(c2ccc(CS(=O)O)c(C(F)(F)F)c2)C1=O. The van der Waals surface area contributed by atoms with Gasteiger partial charge < -0.3 is 9.87 Å². The summed E-state index contributed by atoms with van der Waals surface area (Å²) in [6.07, 6.45) is -4.79. The normalized spacial score (nSPS) is 19.0. The molecule has 0 spiro atoms. The summed E-state index contributed by atoms with van der Waals surface area (Å²) in [5, 5.41) is 2.36. The molecule has 6 nitrogen and oxygen atoms in total. The van der Waals surface area contributed by atoms with E-state index in [1.807, 2.05) is 0 Å². The summed E-state index contributed by atoms with van der Waals surface area (Å²) in [6, 6.07) is 1.92. The van der Waals surface area contributed by atoms with Crippen LogP contribution in [-0.4, -0.2) is 26.2 Å². The zero-order valence-electron chi connectivity index (χ0n) is 12.1. The van der Waals surface area contributed by atoms with Gasteiger partial charge in [-0.1, -0.05) is 6.07 Å². The lowest BCUT2D eigenvalue weighted by Crippen LogP contribution is -2.40. The highest BCUT2D eigenvalue weighted by Gasteiger charge is 2.45. The lowest BCUT2D eigenvalue weighted by Gasteiger charge is -2.19. The van der Waals surface area contributed by atoms with Gasteiger partial charge in [-0.2, -0.15) is 13.2 Å². The fourth-order valence-electron chi connectivity index (χ4n) is 2.21. The fraction of sp³-hybridized carbons (Fsp3) is 0.385. The standard InChI is InChI=1S/C13H13F3N2O4S/c1-12(2)10(19)18(11(20)17-12)8-4-3-7(6-23(21)22)9(5-8)13(14,15)16/h3-5H,6H2,1-2H3,(H,17,20)(H,21,22). The zero-order valence-corrected chi connectivity index (χ0v) is 12.9. The maximum Gasteiger partial charge on any atom is 0.416 e. The van der Waals surface area contributed by atoms with Crippen molar-refractivity contribution in [3.63, 3.8) is 0 Å². The number of benzene rings is 1. The Morgan fingerprint density at radius 3 is 2.35 bits per heavy atom. The van der Waals surface area contributed by atoms with E-state index in [2.05, 4.69) is 5.32 Å². The van der Waals surface area contributed by atoms with Crippen molar-refractivity contribution in [3.8, 4) is 0 Å². The fourth-order valence-corrected chi connectivity index (χ4v) is 2.73. The van der Waals surface area contributed by atoms with Gasteiger partial charge in [-0.05, 0) is 31.5 Å². The maximum absolute atomic E-state index is 13.1. The highest BCUT2D eigenvalue weighted by atomic mass is 32.2. The van der Waals surface area contributed by atoms with Crippen LogP contribution in [0.15, 0.2) is 18.2 Å². The van der Waals surface area contributed by atoms with Crippen molar-refractivity contribution in [2.45, 2.75) is 31.3 Å². The molecule has 1 heterocycles. The number of hydrogen-bond acceptors (Lipinski definition) is 3. The van der Waals surface area contributed by atoms with E-state index in [1.54, 1.807) is 0 Å². The van der Waals surface area contributed by atoms with Gasteiger partial charge in [0, 0.05) is 0 Å². The number of rotatable bonds is 3. The van der Waals surface area contributed by atoms with Crippen LogP contribution in [0.25, 0.3) is 0 Å². The predicted octanol–water partition coefficient (Wildman–Crippen LogP) is 2.26. The van der Waals surface area contributed by atoms with E-state index in [9.17, 15) is 27.0 Å². The third kappa shape index (κ3) is 3.37. The van der Waals surface area contributed by atoms with Crippen molar-refractivity contribution in [2.24, 2.45) is 0 Å². The topological polar surface area (TPSA) is 86.7 Å². The minimum Gasteiger partial charge on any atom is -0.323 e. The van der Waals surface area contributed by atoms with E-state index in [0.29, 0.717) is 11.0 Å². The summed E-state index contributed by atoms with van der Waals surface area (Å²) in [7, 11) is 0. The Balaban J connectivity index is 2.52. The molecule has 0 bridgehead atoms. The molecular formula is C13H13F3N2O4S. The van der Waals surface area contributed by atoms with Gasteiger partial charge >= 0.3 is 12.2 Å². The summed E-state index contributed by atoms with van der Waals surface area (Å²) < 4.78 is 59.0. The number of imide groups is 1. The van der Waals surface area contributed by atoms with E-state index in [4.69, 9.17) is 4.55 Å². The predicted molar refractivity (Wildman–Crippen MR) is 76.0 cm³/mol. The minimum atomic E-state index is -4.79. The molecule has 0 aliphatic carbocycles. The van der Waals surface area contributed by atoms with Gasteiger partial charge in [0.1, 0.15) is 5.54 Å². The number of halogens is 3. The molecule has 0 radical (unpaired) electrons.